The molecule has 2 aliphatic heterocycles. The van der Waals surface area contributed by atoms with E-state index in [-0.39, 0.29) is 47.9 Å². The van der Waals surface area contributed by atoms with Crippen LogP contribution < -0.4 is 33.2 Å². The molecular weight excluding hydrogens is 1160 g/mol. The molecule has 2 atom stereocenters. The molecule has 0 saturated heterocycles. The number of rotatable bonds is 14. The normalized spacial score (nSPS) is 14.5. The van der Waals surface area contributed by atoms with Crippen molar-refractivity contribution in [2.24, 2.45) is 0 Å². The van der Waals surface area contributed by atoms with Gasteiger partial charge in [0.25, 0.3) is 0 Å². The first kappa shape index (κ1) is 56.8. The molecule has 0 aliphatic carbocycles. The van der Waals surface area contributed by atoms with Crippen LogP contribution in [-0.2, 0) is 32.9 Å². The van der Waals surface area contributed by atoms with Gasteiger partial charge in [-0.2, -0.15) is 0 Å². The average molecular weight is 1210 g/mol. The number of para-hydroxylation sites is 1. The highest BCUT2D eigenvalue weighted by Gasteiger charge is 2.40. The van der Waals surface area contributed by atoms with E-state index in [0.29, 0.717) is 82.1 Å². The summed E-state index contributed by atoms with van der Waals surface area (Å²) in [5, 5.41) is 1.05. The molecule has 81 heavy (non-hydrogen) atoms. The van der Waals surface area contributed by atoms with Crippen LogP contribution in [0, 0.1) is 13.8 Å². The molecule has 0 unspecified atom stereocenters. The van der Waals surface area contributed by atoms with E-state index in [1.165, 1.54) is 17.7 Å². The number of aromatic nitrogens is 4. The summed E-state index contributed by atoms with van der Waals surface area (Å²) in [6.45, 7) is 9.07. The van der Waals surface area contributed by atoms with Gasteiger partial charge in [-0.05, 0) is 145 Å². The molecule has 11 rings (SSSR count). The maximum atomic E-state index is 14.6. The van der Waals surface area contributed by atoms with Crippen LogP contribution in [0.3, 0.4) is 0 Å². The molecule has 0 amide bonds. The molecule has 0 radical (unpaired) electrons. The van der Waals surface area contributed by atoms with Crippen LogP contribution in [0.1, 0.15) is 59.8 Å². The van der Waals surface area contributed by atoms with Gasteiger partial charge in [0.2, 0.25) is 12.0 Å². The minimum Gasteiger partial charge on any atom is -0.497 e. The number of esters is 1. The van der Waals surface area contributed by atoms with Crippen molar-refractivity contribution in [2.45, 2.75) is 71.1 Å². The van der Waals surface area contributed by atoms with Crippen molar-refractivity contribution in [3.8, 4) is 62.9 Å². The van der Waals surface area contributed by atoms with Crippen molar-refractivity contribution < 1.29 is 47.4 Å². The Morgan fingerprint density at radius 3 is 2.05 bits per heavy atom. The van der Waals surface area contributed by atoms with E-state index < -0.39 is 29.4 Å². The predicted molar refractivity (Wildman–Crippen MR) is 317 cm³/mol. The van der Waals surface area contributed by atoms with Crippen molar-refractivity contribution >= 4 is 66.7 Å². The highest BCUT2D eigenvalue weighted by atomic mass is 79.9. The second-order valence-electron chi connectivity index (χ2n) is 20.0. The van der Waals surface area contributed by atoms with Gasteiger partial charge in [-0.3, -0.25) is 0 Å². The van der Waals surface area contributed by atoms with E-state index in [1.54, 1.807) is 72.6 Å². The molecule has 0 saturated carbocycles. The Morgan fingerprint density at radius 1 is 0.741 bits per heavy atom. The highest BCUT2D eigenvalue weighted by Crippen LogP contribution is 2.52. The van der Waals surface area contributed by atoms with Crippen molar-refractivity contribution in [3.63, 3.8) is 0 Å². The summed E-state index contributed by atoms with van der Waals surface area (Å²) in [6, 6.07) is 40.2. The number of methoxy groups -OCH3 is 3. The molecule has 3 aromatic heterocycles. The SMILES string of the molecule is COc1ccc(C(OC[C@@H]2COc3ccc(OCc4ccnc(-c5ccccc5OC)n4)c(c3)C[C@H](C(=O)OC(C)(C)C)Oc3ncnc4sc(Br)c(c34)-c3c(C)c(Cl)c(c(Cl)c3C)O2)(c2ccccc2)c2ccc(OC)cc2)cc1. The number of hydrogen-bond donors (Lipinski definition) is 0. The van der Waals surface area contributed by atoms with Crippen LogP contribution in [0.4, 0.5) is 0 Å². The van der Waals surface area contributed by atoms with E-state index in [2.05, 4.69) is 30.9 Å². The lowest BCUT2D eigenvalue weighted by molar-refractivity contribution is -0.163. The number of carbonyl (C=O) groups excluding carboxylic acids is 1. The van der Waals surface area contributed by atoms with Gasteiger partial charge in [0.15, 0.2) is 17.7 Å². The average Bonchev–Trinajstić information content (AvgIpc) is 4.12. The zero-order valence-electron chi connectivity index (χ0n) is 45.7. The molecule has 4 bridgehead atoms. The van der Waals surface area contributed by atoms with Gasteiger partial charge < -0.3 is 42.6 Å². The first-order valence-electron chi connectivity index (χ1n) is 25.9. The number of halogens is 3. The van der Waals surface area contributed by atoms with Crippen LogP contribution in [0.25, 0.3) is 32.7 Å². The second-order valence-corrected chi connectivity index (χ2v) is 23.1. The molecule has 2 aliphatic rings. The van der Waals surface area contributed by atoms with Gasteiger partial charge in [-0.25, -0.2) is 24.7 Å². The summed E-state index contributed by atoms with van der Waals surface area (Å²) in [6.07, 6.45) is 0.853. The summed E-state index contributed by atoms with van der Waals surface area (Å²) in [5.41, 5.74) is 4.88. The fourth-order valence-corrected chi connectivity index (χ4v) is 12.0. The van der Waals surface area contributed by atoms with Crippen molar-refractivity contribution in [3.05, 3.63) is 193 Å². The standard InChI is InChI=1S/C63H57BrCl2N4O10S/c1-36-51-37(2)55(66)56(54(36)65)78-46(34-77-63(39-14-10-9-11-15-39,40-18-22-43(72-6)23-19-40)41-20-24-44(73-7)25-21-41)33-75-45-26-27-48(76-32-42-28-29-67-58(70-42)47-16-12-13-17-49(47)74-8)38(30-45)31-50(61(71)80-62(3,4)5)79-59-53-52(51)57(64)81-60(53)69-35-68-59/h9-30,35,46,50H,31-34H2,1-8H3/t46-,50+/m0/s1. The first-order chi connectivity index (χ1) is 39.1. The van der Waals surface area contributed by atoms with E-state index in [0.717, 1.165) is 22.3 Å². The summed E-state index contributed by atoms with van der Waals surface area (Å²) in [4.78, 5) is 33.9. The number of nitrogens with zero attached hydrogens (tertiary/aromatic N) is 4. The second kappa shape index (κ2) is 24.3. The number of benzene rings is 6. The van der Waals surface area contributed by atoms with Gasteiger partial charge in [0.1, 0.15) is 64.3 Å². The number of hydrogen-bond acceptors (Lipinski definition) is 15. The smallest absolute Gasteiger partial charge is 0.348 e. The predicted octanol–water partition coefficient (Wildman–Crippen LogP) is 14.6. The Kier molecular flexibility index (Phi) is 17.1. The minimum absolute atomic E-state index is 0.0326. The molecule has 0 N–H and O–H groups in total. The Bertz CT molecular complexity index is 3650. The number of thiophene rings is 1. The number of carbonyl (C=O) groups is 1. The third-order valence-corrected chi connectivity index (χ3v) is 16.3. The molecule has 416 valence electrons. The summed E-state index contributed by atoms with van der Waals surface area (Å²) in [5.74, 6) is 3.01. The molecule has 0 fully saturated rings. The molecule has 14 nitrogen and oxygen atoms in total. The van der Waals surface area contributed by atoms with Crippen molar-refractivity contribution in [1.82, 2.24) is 19.9 Å². The Balaban J connectivity index is 1.12. The first-order valence-corrected chi connectivity index (χ1v) is 28.3. The fourth-order valence-electron chi connectivity index (χ4n) is 9.78. The van der Waals surface area contributed by atoms with Crippen LogP contribution in [0.15, 0.2) is 144 Å². The quantitative estimate of drug-likeness (QED) is 0.0750. The monoisotopic (exact) mass is 1210 g/mol. The van der Waals surface area contributed by atoms with E-state index in [1.807, 2.05) is 117 Å². The van der Waals surface area contributed by atoms with E-state index >= 15 is 0 Å². The molecular formula is C63H57BrCl2N4O10S. The largest absolute Gasteiger partial charge is 0.497 e. The number of fused-ring (bicyclic) bond motifs is 7. The summed E-state index contributed by atoms with van der Waals surface area (Å²) < 4.78 is 58.4. The van der Waals surface area contributed by atoms with Gasteiger partial charge in [-0.1, -0.05) is 89.9 Å². The Hall–Kier alpha value is -7.47. The van der Waals surface area contributed by atoms with Gasteiger partial charge in [-0.15, -0.1) is 11.3 Å². The third-order valence-electron chi connectivity index (χ3n) is 13.6. The van der Waals surface area contributed by atoms with Crippen LogP contribution >= 0.6 is 50.5 Å². The van der Waals surface area contributed by atoms with Gasteiger partial charge in [0, 0.05) is 23.7 Å². The van der Waals surface area contributed by atoms with Gasteiger partial charge in [0.05, 0.1) is 58.4 Å². The fraction of sp³-hybridized carbons (Fsp3) is 0.254. The summed E-state index contributed by atoms with van der Waals surface area (Å²) >= 11 is 20.2. The molecule has 18 heteroatoms. The van der Waals surface area contributed by atoms with E-state index in [9.17, 15) is 4.79 Å². The maximum absolute atomic E-state index is 14.6. The van der Waals surface area contributed by atoms with Gasteiger partial charge >= 0.3 is 5.97 Å². The lowest BCUT2D eigenvalue weighted by Gasteiger charge is -2.37. The van der Waals surface area contributed by atoms with E-state index in [4.69, 9.17) is 70.8 Å². The molecule has 0 spiro atoms. The lowest BCUT2D eigenvalue weighted by atomic mass is 9.80. The summed E-state index contributed by atoms with van der Waals surface area (Å²) in [7, 11) is 4.86. The van der Waals surface area contributed by atoms with Crippen LogP contribution in [0.2, 0.25) is 10.0 Å². The maximum Gasteiger partial charge on any atom is 0.348 e. The van der Waals surface area contributed by atoms with Crippen molar-refractivity contribution in [2.75, 3.05) is 34.5 Å². The zero-order chi connectivity index (χ0) is 57.0. The zero-order valence-corrected chi connectivity index (χ0v) is 49.6. The third kappa shape index (κ3) is 12.0. The highest BCUT2D eigenvalue weighted by molar-refractivity contribution is 9.11. The molecule has 5 heterocycles. The van der Waals surface area contributed by atoms with Crippen LogP contribution in [-0.4, -0.2) is 78.3 Å². The molecule has 9 aromatic rings. The minimum atomic E-state index is -1.28. The Morgan fingerprint density at radius 2 is 1.40 bits per heavy atom. The van der Waals surface area contributed by atoms with Crippen molar-refractivity contribution in [1.29, 1.82) is 0 Å². The number of ether oxygens (including phenoxy) is 9. The van der Waals surface area contributed by atoms with Crippen LogP contribution in [0.5, 0.6) is 40.4 Å². The lowest BCUT2D eigenvalue weighted by Crippen LogP contribution is -2.39. The Labute approximate surface area is 492 Å². The topological polar surface area (TPSA) is 152 Å². The molecule has 6 aromatic carbocycles.